The number of benzene rings is 2. The number of phenolic OH excluding ortho intramolecular Hbond substituents is 1. The summed E-state index contributed by atoms with van der Waals surface area (Å²) in [6, 6.07) is 16.7. The highest BCUT2D eigenvalue weighted by molar-refractivity contribution is 6.30. The van der Waals surface area contributed by atoms with E-state index < -0.39 is 0 Å². The van der Waals surface area contributed by atoms with Gasteiger partial charge in [0.05, 0.1) is 18.3 Å². The number of aromatic nitrogens is 3. The summed E-state index contributed by atoms with van der Waals surface area (Å²) in [5.74, 6) is -0.230. The molecule has 0 aliphatic heterocycles. The summed E-state index contributed by atoms with van der Waals surface area (Å²) in [5.41, 5.74) is 2.65. The fraction of sp³-hybridized carbons (Fsp3) is 0.0769. The second-order valence-electron chi connectivity index (χ2n) is 7.75. The fourth-order valence-corrected chi connectivity index (χ4v) is 4.07. The molecule has 0 bridgehead atoms. The molecule has 3 aromatic heterocycles. The minimum Gasteiger partial charge on any atom is -0.508 e. The Bertz CT molecular complexity index is 1540. The SMILES string of the molecule is Cc1c(C(=O)c2ccc(Cl)cc2)c2cc(O)ccc2n1CC(=O)c1ncc(-c2ccccn2)o1. The number of halogens is 1. The van der Waals surface area contributed by atoms with Crippen molar-refractivity contribution in [2.24, 2.45) is 0 Å². The largest absolute Gasteiger partial charge is 0.508 e. The van der Waals surface area contributed by atoms with Crippen LogP contribution < -0.4 is 0 Å². The second kappa shape index (κ2) is 8.61. The predicted molar refractivity (Wildman–Crippen MR) is 127 cm³/mol. The zero-order valence-electron chi connectivity index (χ0n) is 18.0. The number of nitrogens with zero attached hydrogens (tertiary/aromatic N) is 3. The van der Waals surface area contributed by atoms with Crippen LogP contribution in [-0.4, -0.2) is 31.2 Å². The molecular formula is C26H18ClN3O4. The van der Waals surface area contributed by atoms with Gasteiger partial charge in [0, 0.05) is 33.4 Å². The average Bonchev–Trinajstić information content (AvgIpc) is 3.43. The molecule has 0 saturated carbocycles. The lowest BCUT2D eigenvalue weighted by molar-refractivity contribution is 0.0938. The summed E-state index contributed by atoms with van der Waals surface area (Å²) in [6.45, 7) is 1.67. The van der Waals surface area contributed by atoms with Gasteiger partial charge < -0.3 is 14.1 Å². The lowest BCUT2D eigenvalue weighted by atomic mass is 10.0. The number of fused-ring (bicyclic) bond motifs is 1. The number of hydrogen-bond acceptors (Lipinski definition) is 6. The van der Waals surface area contributed by atoms with Gasteiger partial charge >= 0.3 is 0 Å². The highest BCUT2D eigenvalue weighted by Crippen LogP contribution is 2.31. The second-order valence-corrected chi connectivity index (χ2v) is 8.19. The molecule has 1 N–H and O–H groups in total. The van der Waals surface area contributed by atoms with E-state index in [-0.39, 0.29) is 29.8 Å². The van der Waals surface area contributed by atoms with E-state index in [1.807, 2.05) is 6.07 Å². The van der Waals surface area contributed by atoms with E-state index in [4.69, 9.17) is 16.0 Å². The molecule has 0 atom stereocenters. The molecule has 0 aliphatic carbocycles. The van der Waals surface area contributed by atoms with Crippen LogP contribution in [0.15, 0.2) is 77.5 Å². The molecule has 3 heterocycles. The Labute approximate surface area is 199 Å². The van der Waals surface area contributed by atoms with E-state index in [0.717, 1.165) is 0 Å². The minimum atomic E-state index is -0.360. The zero-order valence-corrected chi connectivity index (χ0v) is 18.8. The highest BCUT2D eigenvalue weighted by Gasteiger charge is 2.24. The third-order valence-electron chi connectivity index (χ3n) is 5.60. The maximum absolute atomic E-state index is 13.4. The number of phenols is 1. The Morgan fingerprint density at radius 1 is 1.06 bits per heavy atom. The van der Waals surface area contributed by atoms with Gasteiger partial charge in [0.1, 0.15) is 11.4 Å². The number of ketones is 2. The summed E-state index contributed by atoms with van der Waals surface area (Å²) in [6.07, 6.45) is 3.09. The normalized spacial score (nSPS) is 11.1. The molecule has 0 spiro atoms. The fourth-order valence-electron chi connectivity index (χ4n) is 3.95. The number of rotatable bonds is 6. The molecule has 0 fully saturated rings. The summed E-state index contributed by atoms with van der Waals surface area (Å²) in [4.78, 5) is 34.8. The Kier molecular flexibility index (Phi) is 5.47. The molecule has 0 amide bonds. The van der Waals surface area contributed by atoms with Crippen LogP contribution in [0, 0.1) is 6.92 Å². The molecule has 5 rings (SSSR count). The van der Waals surface area contributed by atoms with Crippen molar-refractivity contribution in [3.63, 3.8) is 0 Å². The van der Waals surface area contributed by atoms with Crippen LogP contribution in [0.1, 0.15) is 32.3 Å². The van der Waals surface area contributed by atoms with Crippen molar-refractivity contribution in [1.82, 2.24) is 14.5 Å². The Hall–Kier alpha value is -4.23. The summed E-state index contributed by atoms with van der Waals surface area (Å²) < 4.78 is 7.38. The van der Waals surface area contributed by atoms with Gasteiger partial charge in [-0.1, -0.05) is 17.7 Å². The van der Waals surface area contributed by atoms with Crippen molar-refractivity contribution in [3.8, 4) is 17.2 Å². The predicted octanol–water partition coefficient (Wildman–Crippen LogP) is 5.47. The smallest absolute Gasteiger partial charge is 0.265 e. The van der Waals surface area contributed by atoms with Crippen molar-refractivity contribution >= 4 is 34.1 Å². The average molecular weight is 472 g/mol. The quantitative estimate of drug-likeness (QED) is 0.329. The van der Waals surface area contributed by atoms with Gasteiger partial charge in [-0.15, -0.1) is 0 Å². The summed E-state index contributed by atoms with van der Waals surface area (Å²) in [5, 5.41) is 11.1. The number of carbonyl (C=O) groups excluding carboxylic acids is 2. The Balaban J connectivity index is 1.53. The molecule has 0 saturated heterocycles. The van der Waals surface area contributed by atoms with Gasteiger partial charge in [-0.2, -0.15) is 0 Å². The number of carbonyl (C=O) groups is 2. The maximum Gasteiger partial charge on any atom is 0.265 e. The van der Waals surface area contributed by atoms with Crippen LogP contribution in [0.4, 0.5) is 0 Å². The van der Waals surface area contributed by atoms with E-state index in [1.54, 1.807) is 60.2 Å². The summed E-state index contributed by atoms with van der Waals surface area (Å²) in [7, 11) is 0. The molecular weight excluding hydrogens is 454 g/mol. The van der Waals surface area contributed by atoms with Gasteiger partial charge in [0.25, 0.3) is 5.89 Å². The van der Waals surface area contributed by atoms with E-state index in [1.165, 1.54) is 18.3 Å². The van der Waals surface area contributed by atoms with Gasteiger partial charge in [0.2, 0.25) is 5.78 Å². The number of oxazole rings is 1. The Morgan fingerprint density at radius 3 is 2.59 bits per heavy atom. The van der Waals surface area contributed by atoms with Gasteiger partial charge in [-0.05, 0) is 61.5 Å². The van der Waals surface area contributed by atoms with Gasteiger partial charge in [-0.3, -0.25) is 14.6 Å². The van der Waals surface area contributed by atoms with E-state index in [2.05, 4.69) is 9.97 Å². The molecule has 7 nitrogen and oxygen atoms in total. The van der Waals surface area contributed by atoms with Crippen LogP contribution in [0.5, 0.6) is 5.75 Å². The first-order chi connectivity index (χ1) is 16.4. The number of pyridine rings is 1. The monoisotopic (exact) mass is 471 g/mol. The molecule has 168 valence electrons. The van der Waals surface area contributed by atoms with Crippen LogP contribution in [-0.2, 0) is 6.54 Å². The van der Waals surface area contributed by atoms with E-state index in [9.17, 15) is 14.7 Å². The lowest BCUT2D eigenvalue weighted by Crippen LogP contribution is -2.13. The molecule has 0 unspecified atom stereocenters. The van der Waals surface area contributed by atoms with Crippen molar-refractivity contribution in [2.75, 3.05) is 0 Å². The molecule has 0 radical (unpaired) electrons. The van der Waals surface area contributed by atoms with Crippen molar-refractivity contribution < 1.29 is 19.1 Å². The van der Waals surface area contributed by atoms with Crippen LogP contribution >= 0.6 is 11.6 Å². The maximum atomic E-state index is 13.4. The minimum absolute atomic E-state index is 0.0221. The van der Waals surface area contributed by atoms with Crippen molar-refractivity contribution in [2.45, 2.75) is 13.5 Å². The van der Waals surface area contributed by atoms with Crippen molar-refractivity contribution in [1.29, 1.82) is 0 Å². The molecule has 34 heavy (non-hydrogen) atoms. The van der Waals surface area contributed by atoms with E-state index >= 15 is 0 Å². The van der Waals surface area contributed by atoms with Crippen LogP contribution in [0.25, 0.3) is 22.4 Å². The van der Waals surface area contributed by atoms with Crippen LogP contribution in [0.2, 0.25) is 5.02 Å². The topological polar surface area (TPSA) is 98.2 Å². The van der Waals surface area contributed by atoms with Gasteiger partial charge in [0.15, 0.2) is 11.5 Å². The number of hydrogen-bond donors (Lipinski definition) is 1. The van der Waals surface area contributed by atoms with Crippen LogP contribution in [0.3, 0.4) is 0 Å². The molecule has 8 heteroatoms. The van der Waals surface area contributed by atoms with E-state index in [0.29, 0.717) is 44.2 Å². The number of aromatic hydroxyl groups is 1. The number of Topliss-reactive ketones (excluding diaryl/α,β-unsaturated/α-hetero) is 1. The Morgan fingerprint density at radius 2 is 1.85 bits per heavy atom. The highest BCUT2D eigenvalue weighted by atomic mass is 35.5. The molecule has 5 aromatic rings. The van der Waals surface area contributed by atoms with Crippen molar-refractivity contribution in [3.05, 3.63) is 101 Å². The third kappa shape index (κ3) is 3.86. The zero-order chi connectivity index (χ0) is 23.8. The first-order valence-corrected chi connectivity index (χ1v) is 10.8. The first-order valence-electron chi connectivity index (χ1n) is 10.4. The summed E-state index contributed by atoms with van der Waals surface area (Å²) >= 11 is 5.97. The first kappa shape index (κ1) is 21.6. The third-order valence-corrected chi connectivity index (χ3v) is 5.86. The van der Waals surface area contributed by atoms with Gasteiger partial charge in [-0.25, -0.2) is 4.98 Å². The molecule has 2 aromatic carbocycles. The molecule has 0 aliphatic rings. The standard InChI is InChI=1S/C26H18ClN3O4/c1-15-24(25(33)16-5-7-17(27)8-6-16)19-12-18(31)9-10-21(19)30(15)14-22(32)26-29-13-23(34-26)20-4-2-3-11-28-20/h2-13,31H,14H2,1H3. The lowest BCUT2D eigenvalue weighted by Gasteiger charge is -2.07.